The zero-order valence-corrected chi connectivity index (χ0v) is 7.44. The number of ether oxygens (including phenoxy) is 1. The van der Waals surface area contributed by atoms with E-state index >= 15 is 0 Å². The number of hydrogen-bond acceptors (Lipinski definition) is 2. The summed E-state index contributed by atoms with van der Waals surface area (Å²) in [4.78, 5) is 10.6. The molecule has 0 aromatic carbocycles. The van der Waals surface area contributed by atoms with Gasteiger partial charge in [0.05, 0.1) is 7.11 Å². The van der Waals surface area contributed by atoms with Crippen LogP contribution in [0.3, 0.4) is 0 Å². The second kappa shape index (κ2) is 4.34. The number of methoxy groups -OCH3 is 1. The minimum Gasteiger partial charge on any atom is -0.469 e. The lowest BCUT2D eigenvalue weighted by molar-refractivity contribution is -0.140. The molecule has 0 saturated carbocycles. The number of esters is 1. The highest BCUT2D eigenvalue weighted by Crippen LogP contribution is 2.10. The van der Waals surface area contributed by atoms with Crippen LogP contribution in [-0.2, 0) is 9.53 Å². The van der Waals surface area contributed by atoms with Crippen molar-refractivity contribution in [1.82, 2.24) is 5.73 Å². The second-order valence-electron chi connectivity index (χ2n) is 3.31. The van der Waals surface area contributed by atoms with E-state index in [0.29, 0.717) is 6.42 Å². The molecule has 0 aliphatic rings. The van der Waals surface area contributed by atoms with Crippen molar-refractivity contribution in [1.29, 1.82) is 0 Å². The molecule has 3 heteroatoms. The lowest BCUT2D eigenvalue weighted by Crippen LogP contribution is -2.21. The van der Waals surface area contributed by atoms with Gasteiger partial charge in [-0.15, -0.1) is 0 Å². The predicted molar refractivity (Wildman–Crippen MR) is 43.0 cm³/mol. The highest BCUT2D eigenvalue weighted by Gasteiger charge is 2.11. The van der Waals surface area contributed by atoms with Crippen molar-refractivity contribution >= 4 is 5.97 Å². The van der Waals surface area contributed by atoms with Crippen molar-refractivity contribution in [2.45, 2.75) is 38.6 Å². The maximum atomic E-state index is 10.6. The summed E-state index contributed by atoms with van der Waals surface area (Å²) in [5.41, 5.74) is 7.06. The highest BCUT2D eigenvalue weighted by atomic mass is 16.5. The Hall–Kier alpha value is -0.570. The summed E-state index contributed by atoms with van der Waals surface area (Å²) in [6, 6.07) is 0. The molecule has 1 N–H and O–H groups in total. The molecule has 0 fully saturated rings. The van der Waals surface area contributed by atoms with Crippen molar-refractivity contribution < 1.29 is 9.53 Å². The molecule has 0 bridgehead atoms. The van der Waals surface area contributed by atoms with Gasteiger partial charge in [0.1, 0.15) is 0 Å². The van der Waals surface area contributed by atoms with Gasteiger partial charge in [0.2, 0.25) is 0 Å². The molecular formula is C8H16NO2. The zero-order valence-electron chi connectivity index (χ0n) is 7.44. The van der Waals surface area contributed by atoms with Gasteiger partial charge < -0.3 is 4.74 Å². The van der Waals surface area contributed by atoms with E-state index in [1.807, 2.05) is 13.8 Å². The Kier molecular flexibility index (Phi) is 4.11. The molecule has 0 heterocycles. The minimum atomic E-state index is -0.423. The largest absolute Gasteiger partial charge is 0.469 e. The summed E-state index contributed by atoms with van der Waals surface area (Å²) in [5, 5.41) is 0. The fourth-order valence-electron chi connectivity index (χ4n) is 0.777. The van der Waals surface area contributed by atoms with Crippen molar-refractivity contribution in [2.75, 3.05) is 7.11 Å². The topological polar surface area (TPSA) is 50.1 Å². The fourth-order valence-corrected chi connectivity index (χ4v) is 0.777. The van der Waals surface area contributed by atoms with Crippen molar-refractivity contribution in [3.8, 4) is 0 Å². The van der Waals surface area contributed by atoms with Gasteiger partial charge in [-0.05, 0) is 26.7 Å². The average molecular weight is 158 g/mol. The van der Waals surface area contributed by atoms with Crippen LogP contribution in [0.4, 0.5) is 0 Å². The fraction of sp³-hybridized carbons (Fsp3) is 0.875. The minimum absolute atomic E-state index is 0.186. The van der Waals surface area contributed by atoms with E-state index in [-0.39, 0.29) is 5.97 Å². The van der Waals surface area contributed by atoms with Gasteiger partial charge in [-0.25, -0.2) is 0 Å². The van der Waals surface area contributed by atoms with E-state index < -0.39 is 5.54 Å². The Balaban J connectivity index is 3.35. The molecule has 0 aromatic heterocycles. The number of carbonyl (C=O) groups is 1. The third kappa shape index (κ3) is 7.33. The predicted octanol–water partition coefficient (Wildman–Crippen LogP) is 1.39. The number of rotatable bonds is 4. The molecule has 0 unspecified atom stereocenters. The molecule has 1 radical (unpaired) electrons. The van der Waals surface area contributed by atoms with Crippen LogP contribution in [0, 0.1) is 0 Å². The first-order valence-electron chi connectivity index (χ1n) is 3.77. The van der Waals surface area contributed by atoms with Crippen LogP contribution in [0.1, 0.15) is 33.1 Å². The molecular weight excluding hydrogens is 142 g/mol. The molecule has 65 valence electrons. The third-order valence-corrected chi connectivity index (χ3v) is 1.41. The normalized spacial score (nSPS) is 11.3. The van der Waals surface area contributed by atoms with Crippen LogP contribution in [0.2, 0.25) is 0 Å². The molecule has 0 spiro atoms. The molecule has 3 nitrogen and oxygen atoms in total. The molecule has 0 aliphatic carbocycles. The van der Waals surface area contributed by atoms with Crippen molar-refractivity contribution in [3.05, 3.63) is 0 Å². The molecule has 0 aliphatic heterocycles. The Morgan fingerprint density at radius 1 is 1.55 bits per heavy atom. The smallest absolute Gasteiger partial charge is 0.305 e. The van der Waals surface area contributed by atoms with Crippen LogP contribution in [0.5, 0.6) is 0 Å². The van der Waals surface area contributed by atoms with E-state index in [4.69, 9.17) is 5.73 Å². The van der Waals surface area contributed by atoms with Crippen molar-refractivity contribution in [2.24, 2.45) is 0 Å². The molecule has 0 atom stereocenters. The van der Waals surface area contributed by atoms with Crippen molar-refractivity contribution in [3.63, 3.8) is 0 Å². The lowest BCUT2D eigenvalue weighted by Gasteiger charge is -2.15. The zero-order chi connectivity index (χ0) is 8.91. The highest BCUT2D eigenvalue weighted by molar-refractivity contribution is 5.68. The third-order valence-electron chi connectivity index (χ3n) is 1.41. The number of hydrogen-bond donors (Lipinski definition) is 0. The van der Waals surface area contributed by atoms with E-state index in [2.05, 4.69) is 4.74 Å². The Morgan fingerprint density at radius 2 is 2.09 bits per heavy atom. The maximum Gasteiger partial charge on any atom is 0.305 e. The van der Waals surface area contributed by atoms with Gasteiger partial charge in [0, 0.05) is 12.0 Å². The summed E-state index contributed by atoms with van der Waals surface area (Å²) in [6.07, 6.45) is 1.91. The summed E-state index contributed by atoms with van der Waals surface area (Å²) < 4.78 is 4.46. The van der Waals surface area contributed by atoms with Gasteiger partial charge in [0.25, 0.3) is 0 Å². The Labute approximate surface area is 67.9 Å². The first-order chi connectivity index (χ1) is 4.95. The molecule has 11 heavy (non-hydrogen) atoms. The average Bonchev–Trinajstić information content (AvgIpc) is 1.85. The van der Waals surface area contributed by atoms with E-state index in [1.165, 1.54) is 7.11 Å². The molecule has 0 aromatic rings. The quantitative estimate of drug-likeness (QED) is 0.580. The maximum absolute atomic E-state index is 10.6. The molecule has 0 rings (SSSR count). The standard InChI is InChI=1S/C8H16NO2/c1-8(2,9)6-4-5-7(10)11-3/h9H,4-6H2,1-3H3. The Bertz CT molecular complexity index is 127. The van der Waals surface area contributed by atoms with Crippen LogP contribution in [-0.4, -0.2) is 18.6 Å². The van der Waals surface area contributed by atoms with Crippen LogP contribution < -0.4 is 5.73 Å². The Morgan fingerprint density at radius 3 is 2.45 bits per heavy atom. The number of nitrogens with one attached hydrogen (secondary N) is 1. The summed E-state index contributed by atoms with van der Waals surface area (Å²) >= 11 is 0. The number of carbonyl (C=O) groups excluding carboxylic acids is 1. The second-order valence-corrected chi connectivity index (χ2v) is 3.31. The van der Waals surface area contributed by atoms with Gasteiger partial charge in [-0.3, -0.25) is 10.5 Å². The van der Waals surface area contributed by atoms with E-state index in [0.717, 1.165) is 12.8 Å². The van der Waals surface area contributed by atoms with Crippen LogP contribution in [0.15, 0.2) is 0 Å². The summed E-state index contributed by atoms with van der Waals surface area (Å²) in [7, 11) is 1.38. The van der Waals surface area contributed by atoms with Gasteiger partial charge >= 0.3 is 5.97 Å². The monoisotopic (exact) mass is 158 g/mol. The van der Waals surface area contributed by atoms with Crippen LogP contribution >= 0.6 is 0 Å². The van der Waals surface area contributed by atoms with Gasteiger partial charge in [-0.1, -0.05) is 0 Å². The first-order valence-corrected chi connectivity index (χ1v) is 3.77. The van der Waals surface area contributed by atoms with Gasteiger partial charge in [0.15, 0.2) is 0 Å². The molecule has 0 amide bonds. The SMILES string of the molecule is COC(=O)CCCC(C)(C)[NH]. The van der Waals surface area contributed by atoms with Gasteiger partial charge in [-0.2, -0.15) is 0 Å². The first kappa shape index (κ1) is 10.4. The lowest BCUT2D eigenvalue weighted by atomic mass is 9.99. The van der Waals surface area contributed by atoms with E-state index in [1.54, 1.807) is 0 Å². The van der Waals surface area contributed by atoms with Crippen LogP contribution in [0.25, 0.3) is 0 Å². The summed E-state index contributed by atoms with van der Waals surface area (Å²) in [5.74, 6) is -0.186. The van der Waals surface area contributed by atoms with E-state index in [9.17, 15) is 4.79 Å². The molecule has 0 saturated heterocycles. The summed E-state index contributed by atoms with van der Waals surface area (Å²) in [6.45, 7) is 3.68.